The number of ether oxygens (including phenoxy) is 2. The normalized spacial score (nSPS) is 23.9. The molecule has 2 aromatic rings. The Morgan fingerprint density at radius 2 is 1.25 bits per heavy atom. The van der Waals surface area contributed by atoms with Crippen LogP contribution in [0.15, 0.2) is 59.0 Å². The first-order valence-corrected chi connectivity index (χ1v) is 18.0. The topological polar surface area (TPSA) is 242 Å². The van der Waals surface area contributed by atoms with Gasteiger partial charge in [0.2, 0.25) is 6.29 Å². The summed E-state index contributed by atoms with van der Waals surface area (Å²) in [6.45, 7) is 14.2. The van der Waals surface area contributed by atoms with E-state index in [-0.39, 0.29) is 43.5 Å². The average Bonchev–Trinajstić information content (AvgIpc) is 3.82. The Morgan fingerprint density at radius 1 is 0.768 bits per heavy atom. The van der Waals surface area contributed by atoms with Gasteiger partial charge in [-0.3, -0.25) is 19.3 Å². The molecule has 1 fully saturated rings. The van der Waals surface area contributed by atoms with Gasteiger partial charge in [-0.1, -0.05) is 25.3 Å². The van der Waals surface area contributed by atoms with E-state index in [4.69, 9.17) is 19.2 Å². The number of amides is 2. The number of methoxy groups -OCH3 is 1. The van der Waals surface area contributed by atoms with Crippen LogP contribution in [0.2, 0.25) is 0 Å². The Hall–Kier alpha value is -5.36. The highest BCUT2D eigenvalue weighted by Gasteiger charge is 2.45. The molecule has 300 valence electrons. The molecule has 56 heavy (non-hydrogen) atoms. The summed E-state index contributed by atoms with van der Waals surface area (Å²) in [4.78, 5) is 67.2. The Labute approximate surface area is 323 Å². The Kier molecular flexibility index (Phi) is 13.2. The summed E-state index contributed by atoms with van der Waals surface area (Å²) in [6, 6.07) is 0. The second kappa shape index (κ2) is 17.6. The highest BCUT2D eigenvalue weighted by atomic mass is 17.2. The Morgan fingerprint density at radius 3 is 1.68 bits per heavy atom. The maximum Gasteiger partial charge on any atom is 0.342 e. The highest BCUT2D eigenvalue weighted by molar-refractivity contribution is 6.04. The van der Waals surface area contributed by atoms with E-state index in [1.807, 2.05) is 26.8 Å². The molecule has 2 aromatic heterocycles. The molecule has 5 rings (SSSR count). The fraction of sp³-hybridized carbons (Fsp3) is 0.400. The number of aliphatic hydroxyl groups is 4. The molecule has 0 radical (unpaired) electrons. The third-order valence-electron chi connectivity index (χ3n) is 10.4. The second-order valence-corrected chi connectivity index (χ2v) is 13.8. The lowest BCUT2D eigenvalue weighted by Gasteiger charge is -2.38. The van der Waals surface area contributed by atoms with Gasteiger partial charge in [0.05, 0.1) is 20.1 Å². The molecule has 1 saturated heterocycles. The summed E-state index contributed by atoms with van der Waals surface area (Å²) in [5.74, 6) is -1.76. The minimum Gasteiger partial charge on any atom is -0.469 e. The molecule has 0 bridgehead atoms. The first-order chi connectivity index (χ1) is 26.6. The number of rotatable bonds is 15. The minimum absolute atomic E-state index is 0.111. The summed E-state index contributed by atoms with van der Waals surface area (Å²) >= 11 is 0. The van der Waals surface area contributed by atoms with Crippen molar-refractivity contribution < 1.29 is 58.9 Å². The van der Waals surface area contributed by atoms with Crippen molar-refractivity contribution in [2.75, 3.05) is 13.7 Å². The van der Waals surface area contributed by atoms with Crippen molar-refractivity contribution in [3.05, 3.63) is 104 Å². The third-order valence-corrected chi connectivity index (χ3v) is 10.4. The molecule has 3 aliphatic heterocycles. The molecule has 5 heterocycles. The summed E-state index contributed by atoms with van der Waals surface area (Å²) in [5, 5.41) is 45.5. The first-order valence-electron chi connectivity index (χ1n) is 18.0. The molecule has 0 spiro atoms. The second-order valence-electron chi connectivity index (χ2n) is 13.8. The summed E-state index contributed by atoms with van der Waals surface area (Å²) in [5.41, 5.74) is 9.65. The van der Waals surface area contributed by atoms with Crippen LogP contribution in [-0.2, 0) is 57.7 Å². The van der Waals surface area contributed by atoms with Crippen molar-refractivity contribution in [2.24, 2.45) is 0 Å². The molecule has 0 unspecified atom stereocenters. The number of aliphatic hydroxyl groups excluding tert-OH is 4. The van der Waals surface area contributed by atoms with Crippen molar-refractivity contribution in [1.29, 1.82) is 0 Å². The zero-order valence-electron chi connectivity index (χ0n) is 31.9. The van der Waals surface area contributed by atoms with E-state index in [1.54, 1.807) is 13.0 Å². The van der Waals surface area contributed by atoms with Crippen molar-refractivity contribution in [3.8, 4) is 0 Å². The average molecular weight is 777 g/mol. The van der Waals surface area contributed by atoms with Crippen LogP contribution >= 0.6 is 0 Å². The molecule has 5 atom stereocenters. The van der Waals surface area contributed by atoms with Crippen LogP contribution in [-0.4, -0.2) is 98.6 Å². The lowest BCUT2D eigenvalue weighted by Crippen LogP contribution is -2.59. The van der Waals surface area contributed by atoms with Crippen molar-refractivity contribution >= 4 is 35.9 Å². The van der Waals surface area contributed by atoms with E-state index in [1.165, 1.54) is 19.3 Å². The number of aromatic nitrogens is 2. The van der Waals surface area contributed by atoms with Crippen LogP contribution in [0.3, 0.4) is 0 Å². The van der Waals surface area contributed by atoms with Gasteiger partial charge in [0.15, 0.2) is 0 Å². The number of hydrogen-bond donors (Lipinski definition) is 8. The van der Waals surface area contributed by atoms with E-state index >= 15 is 0 Å². The maximum atomic E-state index is 13.0. The van der Waals surface area contributed by atoms with E-state index in [9.17, 15) is 39.6 Å². The van der Waals surface area contributed by atoms with E-state index in [2.05, 4.69) is 33.8 Å². The lowest BCUT2D eigenvalue weighted by atomic mass is 9.98. The van der Waals surface area contributed by atoms with Crippen molar-refractivity contribution in [2.45, 2.75) is 90.5 Å². The fourth-order valence-electron chi connectivity index (χ4n) is 7.00. The van der Waals surface area contributed by atoms with Crippen LogP contribution < -0.4 is 10.6 Å². The number of carbonyl (C=O) groups excluding carboxylic acids is 4. The van der Waals surface area contributed by atoms with Gasteiger partial charge >= 0.3 is 11.9 Å². The van der Waals surface area contributed by atoms with Gasteiger partial charge in [-0.2, -0.15) is 0 Å². The van der Waals surface area contributed by atoms with E-state index < -0.39 is 43.3 Å². The molecule has 0 aromatic carbocycles. The maximum absolute atomic E-state index is 13.0. The molecule has 0 aliphatic carbocycles. The van der Waals surface area contributed by atoms with Gasteiger partial charge in [0.25, 0.3) is 11.8 Å². The number of aromatic amines is 2. The van der Waals surface area contributed by atoms with Crippen LogP contribution in [0, 0.1) is 13.8 Å². The van der Waals surface area contributed by atoms with Crippen LogP contribution in [0.1, 0.15) is 71.7 Å². The van der Waals surface area contributed by atoms with Gasteiger partial charge < -0.3 is 50.5 Å². The molecule has 0 saturated carbocycles. The van der Waals surface area contributed by atoms with Crippen LogP contribution in [0.4, 0.5) is 0 Å². The molecule has 16 heteroatoms. The first kappa shape index (κ1) is 41.8. The van der Waals surface area contributed by atoms with Crippen molar-refractivity contribution in [1.82, 2.24) is 20.6 Å². The van der Waals surface area contributed by atoms with E-state index in [0.717, 1.165) is 33.5 Å². The summed E-state index contributed by atoms with van der Waals surface area (Å²) in [6.07, 6.45) is -0.710. The molecular weight excluding hydrogens is 728 g/mol. The minimum atomic E-state index is -1.77. The molecule has 8 N–H and O–H groups in total. The SMILES string of the molecule is C=CC1=C(C)/C(=C/c2[nH]c(Cc3[nH]c(/C=C4\NC(=O)C(C=C)=C4C)c(C)c3CCC(=O)OO[C@@H]3O[C@H](CO)[C@@H](O)[C@H](O)[C@H]3O)c(CCC(=O)OC)c2C)NC1=O. The molecule has 2 amide bonds. The molecule has 3 aliphatic rings. The van der Waals surface area contributed by atoms with Gasteiger partial charge in [-0.15, -0.1) is 4.89 Å². The van der Waals surface area contributed by atoms with Gasteiger partial charge in [-0.05, 0) is 86.1 Å². The molecular formula is C40H48N4O12. The monoisotopic (exact) mass is 776 g/mol. The standard InChI is InChI=1S/C40H48N4O12/c1-8-22-18(3)28(43-38(22)51)14-26-20(5)24(10-12-33(46)53-7)30(41-26)16-31-25(21(6)27(42-31)15-29-19(4)23(9-2)39(52)44-29)11-13-34(47)55-56-40-37(50)36(49)35(48)32(17-45)54-40/h8-9,14-15,32,35-37,40-42,45,48-50H,1-2,10-13,16-17H2,3-7H3,(H,43,51)(H,44,52)/b28-14-,29-15-/t32-,35-,36+,37-,40+/m1/s1. The number of nitrogens with one attached hydrogen (secondary N) is 4. The number of H-pyrrole nitrogens is 2. The third kappa shape index (κ3) is 8.55. The highest BCUT2D eigenvalue weighted by Crippen LogP contribution is 2.32. The number of carbonyl (C=O) groups is 4. The fourth-order valence-corrected chi connectivity index (χ4v) is 7.00. The smallest absolute Gasteiger partial charge is 0.342 e. The van der Waals surface area contributed by atoms with Crippen LogP contribution in [0.5, 0.6) is 0 Å². The van der Waals surface area contributed by atoms with Crippen LogP contribution in [0.25, 0.3) is 12.2 Å². The quantitative estimate of drug-likeness (QED) is 0.0734. The van der Waals surface area contributed by atoms with E-state index in [0.29, 0.717) is 51.6 Å². The summed E-state index contributed by atoms with van der Waals surface area (Å²) in [7, 11) is 1.32. The predicted octanol–water partition coefficient (Wildman–Crippen LogP) is 1.81. The van der Waals surface area contributed by atoms with Crippen molar-refractivity contribution in [3.63, 3.8) is 0 Å². The van der Waals surface area contributed by atoms with Gasteiger partial charge in [0.1, 0.15) is 24.4 Å². The Bertz CT molecular complexity index is 2060. The van der Waals surface area contributed by atoms with Gasteiger partial charge in [-0.25, -0.2) is 4.79 Å². The summed E-state index contributed by atoms with van der Waals surface area (Å²) < 4.78 is 10.2. The number of allylic oxidation sites excluding steroid dienone is 2. The Balaban J connectivity index is 1.48. The van der Waals surface area contributed by atoms with Gasteiger partial charge in [0, 0.05) is 58.2 Å². The lowest BCUT2D eigenvalue weighted by molar-refractivity contribution is -0.405. The zero-order chi connectivity index (χ0) is 41.0. The zero-order valence-corrected chi connectivity index (χ0v) is 31.9. The number of esters is 1. The predicted molar refractivity (Wildman–Crippen MR) is 202 cm³/mol. The molecule has 16 nitrogen and oxygen atoms in total. The number of hydrogen-bond acceptors (Lipinski definition) is 12. The largest absolute Gasteiger partial charge is 0.469 e.